The van der Waals surface area contributed by atoms with Gasteiger partial charge in [-0.05, 0) is 25.3 Å². The van der Waals surface area contributed by atoms with Crippen LogP contribution >= 0.6 is 0 Å². The van der Waals surface area contributed by atoms with E-state index in [2.05, 4.69) is 39.1 Å². The van der Waals surface area contributed by atoms with Crippen LogP contribution in [0.15, 0.2) is 0 Å². The first-order valence-corrected chi connectivity index (χ1v) is 4.59. The molecule has 2 nitrogen and oxygen atoms in total. The van der Waals surface area contributed by atoms with Crippen molar-refractivity contribution in [3.63, 3.8) is 0 Å². The average molecular weight is 168 g/mol. The maximum absolute atomic E-state index is 8.31. The summed E-state index contributed by atoms with van der Waals surface area (Å²) < 4.78 is 0. The molecule has 0 spiro atoms. The molecule has 0 saturated carbocycles. The second kappa shape index (κ2) is 5.16. The number of hydrogen-bond acceptors (Lipinski definition) is 2. The van der Waals surface area contributed by atoms with E-state index in [0.717, 1.165) is 13.0 Å². The zero-order valence-electron chi connectivity index (χ0n) is 8.65. The SMILES string of the molecule is CC(NCCCC#N)C(C)(C)C. The minimum atomic E-state index is 0.312. The highest BCUT2D eigenvalue weighted by Gasteiger charge is 2.18. The Hall–Kier alpha value is -0.550. The van der Waals surface area contributed by atoms with E-state index < -0.39 is 0 Å². The van der Waals surface area contributed by atoms with Crippen LogP contribution in [0.1, 0.15) is 40.5 Å². The Labute approximate surface area is 76.0 Å². The molecule has 0 aromatic carbocycles. The van der Waals surface area contributed by atoms with E-state index in [1.165, 1.54) is 0 Å². The third-order valence-corrected chi connectivity index (χ3v) is 2.21. The van der Waals surface area contributed by atoms with Gasteiger partial charge in [0, 0.05) is 12.5 Å². The maximum atomic E-state index is 8.31. The monoisotopic (exact) mass is 168 g/mol. The lowest BCUT2D eigenvalue weighted by atomic mass is 9.88. The molecule has 0 amide bonds. The molecule has 1 atom stereocenters. The summed E-state index contributed by atoms with van der Waals surface area (Å²) in [5, 5.41) is 11.7. The van der Waals surface area contributed by atoms with Crippen molar-refractivity contribution in [3.05, 3.63) is 0 Å². The van der Waals surface area contributed by atoms with Crippen LogP contribution in [-0.4, -0.2) is 12.6 Å². The highest BCUT2D eigenvalue weighted by Crippen LogP contribution is 2.18. The van der Waals surface area contributed by atoms with Crippen molar-refractivity contribution >= 4 is 0 Å². The first kappa shape index (κ1) is 11.4. The number of rotatable bonds is 4. The zero-order valence-corrected chi connectivity index (χ0v) is 8.65. The van der Waals surface area contributed by atoms with Crippen molar-refractivity contribution in [2.24, 2.45) is 5.41 Å². The Balaban J connectivity index is 3.46. The third kappa shape index (κ3) is 5.15. The summed E-state index contributed by atoms with van der Waals surface area (Å²) in [5.74, 6) is 0. The first-order chi connectivity index (χ1) is 5.48. The fraction of sp³-hybridized carbons (Fsp3) is 0.900. The summed E-state index contributed by atoms with van der Waals surface area (Å²) in [6, 6.07) is 2.65. The van der Waals surface area contributed by atoms with Gasteiger partial charge in [-0.15, -0.1) is 0 Å². The van der Waals surface area contributed by atoms with E-state index >= 15 is 0 Å². The van der Waals surface area contributed by atoms with Gasteiger partial charge in [0.2, 0.25) is 0 Å². The number of nitrogens with zero attached hydrogens (tertiary/aromatic N) is 1. The van der Waals surface area contributed by atoms with Crippen LogP contribution in [0.2, 0.25) is 0 Å². The number of nitriles is 1. The molecule has 0 aliphatic carbocycles. The van der Waals surface area contributed by atoms with Crippen LogP contribution in [0, 0.1) is 16.7 Å². The summed E-state index contributed by atoms with van der Waals surface area (Å²) >= 11 is 0. The Bertz CT molecular complexity index is 150. The summed E-state index contributed by atoms with van der Waals surface area (Å²) in [7, 11) is 0. The van der Waals surface area contributed by atoms with Crippen LogP contribution in [0.3, 0.4) is 0 Å². The lowest BCUT2D eigenvalue weighted by Gasteiger charge is -2.28. The summed E-state index contributed by atoms with van der Waals surface area (Å²) in [6.45, 7) is 9.79. The van der Waals surface area contributed by atoms with Gasteiger partial charge >= 0.3 is 0 Å². The van der Waals surface area contributed by atoms with Gasteiger partial charge in [-0.3, -0.25) is 0 Å². The van der Waals surface area contributed by atoms with Gasteiger partial charge in [0.15, 0.2) is 0 Å². The summed E-state index contributed by atoms with van der Waals surface area (Å²) in [6.07, 6.45) is 1.61. The fourth-order valence-electron chi connectivity index (χ4n) is 0.792. The standard InChI is InChI=1S/C10H20N2/c1-9(10(2,3)4)12-8-6-5-7-11/h9,12H,5-6,8H2,1-4H3. The molecule has 2 heteroatoms. The molecule has 0 rings (SSSR count). The highest BCUT2D eigenvalue weighted by molar-refractivity contribution is 4.77. The molecule has 0 aromatic heterocycles. The molecule has 0 fully saturated rings. The van der Waals surface area contributed by atoms with E-state index in [4.69, 9.17) is 5.26 Å². The normalized spacial score (nSPS) is 13.9. The quantitative estimate of drug-likeness (QED) is 0.654. The van der Waals surface area contributed by atoms with E-state index in [0.29, 0.717) is 17.9 Å². The number of unbranched alkanes of at least 4 members (excludes halogenated alkanes) is 1. The molecule has 1 unspecified atom stereocenters. The van der Waals surface area contributed by atoms with Crippen molar-refractivity contribution in [1.29, 1.82) is 5.26 Å². The molecule has 0 radical (unpaired) electrons. The third-order valence-electron chi connectivity index (χ3n) is 2.21. The van der Waals surface area contributed by atoms with E-state index in [-0.39, 0.29) is 0 Å². The van der Waals surface area contributed by atoms with Crippen LogP contribution in [-0.2, 0) is 0 Å². The second-order valence-electron chi connectivity index (χ2n) is 4.30. The molecule has 0 heterocycles. The Morgan fingerprint density at radius 1 is 1.42 bits per heavy atom. The molecule has 1 N–H and O–H groups in total. The van der Waals surface area contributed by atoms with E-state index in [1.807, 2.05) is 0 Å². The average Bonchev–Trinajstić information content (AvgIpc) is 1.96. The largest absolute Gasteiger partial charge is 0.314 e. The number of hydrogen-bond donors (Lipinski definition) is 1. The molecule has 0 aliphatic heterocycles. The maximum Gasteiger partial charge on any atom is 0.0622 e. The molecular formula is C10H20N2. The number of nitrogens with one attached hydrogen (secondary N) is 1. The van der Waals surface area contributed by atoms with Crippen LogP contribution in [0.25, 0.3) is 0 Å². The zero-order chi connectivity index (χ0) is 9.61. The minimum Gasteiger partial charge on any atom is -0.314 e. The Kier molecular flexibility index (Phi) is 4.92. The predicted octanol–water partition coefficient (Wildman–Crippen LogP) is 2.31. The molecule has 12 heavy (non-hydrogen) atoms. The minimum absolute atomic E-state index is 0.312. The van der Waals surface area contributed by atoms with E-state index in [9.17, 15) is 0 Å². The summed E-state index contributed by atoms with van der Waals surface area (Å²) in [5.41, 5.74) is 0.312. The lowest BCUT2D eigenvalue weighted by Crippen LogP contribution is -2.38. The lowest BCUT2D eigenvalue weighted by molar-refractivity contribution is 0.286. The highest BCUT2D eigenvalue weighted by atomic mass is 14.9. The molecule has 0 saturated heterocycles. The predicted molar refractivity (Wildman–Crippen MR) is 51.8 cm³/mol. The second-order valence-corrected chi connectivity index (χ2v) is 4.30. The van der Waals surface area contributed by atoms with Crippen molar-refractivity contribution in [2.45, 2.75) is 46.6 Å². The Morgan fingerprint density at radius 2 is 2.00 bits per heavy atom. The van der Waals surface area contributed by atoms with Gasteiger partial charge in [0.05, 0.1) is 6.07 Å². The van der Waals surface area contributed by atoms with Crippen molar-refractivity contribution < 1.29 is 0 Å². The smallest absolute Gasteiger partial charge is 0.0622 e. The van der Waals surface area contributed by atoms with Crippen LogP contribution in [0.5, 0.6) is 0 Å². The van der Waals surface area contributed by atoms with Crippen molar-refractivity contribution in [3.8, 4) is 6.07 Å². The van der Waals surface area contributed by atoms with Crippen LogP contribution < -0.4 is 5.32 Å². The van der Waals surface area contributed by atoms with Crippen molar-refractivity contribution in [2.75, 3.05) is 6.54 Å². The molecule has 0 aromatic rings. The van der Waals surface area contributed by atoms with E-state index in [1.54, 1.807) is 0 Å². The van der Waals surface area contributed by atoms with Gasteiger partial charge in [-0.2, -0.15) is 5.26 Å². The summed E-state index contributed by atoms with van der Waals surface area (Å²) in [4.78, 5) is 0. The first-order valence-electron chi connectivity index (χ1n) is 4.59. The van der Waals surface area contributed by atoms with Crippen LogP contribution in [0.4, 0.5) is 0 Å². The Morgan fingerprint density at radius 3 is 2.42 bits per heavy atom. The van der Waals surface area contributed by atoms with Gasteiger partial charge in [0.1, 0.15) is 0 Å². The van der Waals surface area contributed by atoms with Gasteiger partial charge in [-0.1, -0.05) is 20.8 Å². The molecule has 0 bridgehead atoms. The molecular weight excluding hydrogens is 148 g/mol. The van der Waals surface area contributed by atoms with Gasteiger partial charge < -0.3 is 5.32 Å². The topological polar surface area (TPSA) is 35.8 Å². The fourth-order valence-corrected chi connectivity index (χ4v) is 0.792. The van der Waals surface area contributed by atoms with Gasteiger partial charge in [0.25, 0.3) is 0 Å². The van der Waals surface area contributed by atoms with Gasteiger partial charge in [-0.25, -0.2) is 0 Å². The molecule has 70 valence electrons. The van der Waals surface area contributed by atoms with Crippen molar-refractivity contribution in [1.82, 2.24) is 5.32 Å². The molecule has 0 aliphatic rings.